The van der Waals surface area contributed by atoms with Crippen molar-refractivity contribution in [1.82, 2.24) is 5.32 Å². The van der Waals surface area contributed by atoms with Crippen LogP contribution in [0.3, 0.4) is 0 Å². The number of nitrogens with one attached hydrogen (secondary N) is 1. The monoisotopic (exact) mass is 259 g/mol. The molecule has 0 amide bonds. The van der Waals surface area contributed by atoms with Gasteiger partial charge in [0, 0.05) is 11.1 Å². The molecule has 1 unspecified atom stereocenters. The van der Waals surface area contributed by atoms with Gasteiger partial charge >= 0.3 is 0 Å². The topological polar surface area (TPSA) is 12.0 Å². The minimum atomic E-state index is 0.268. The summed E-state index contributed by atoms with van der Waals surface area (Å²) < 4.78 is 0. The van der Waals surface area contributed by atoms with Crippen LogP contribution in [0.25, 0.3) is 11.1 Å². The van der Waals surface area contributed by atoms with Gasteiger partial charge in [-0.2, -0.15) is 0 Å². The fourth-order valence-electron chi connectivity index (χ4n) is 2.04. The maximum Gasteiger partial charge on any atom is 0.0459 e. The van der Waals surface area contributed by atoms with E-state index in [-0.39, 0.29) is 6.04 Å². The van der Waals surface area contributed by atoms with Crippen molar-refractivity contribution in [2.75, 3.05) is 7.05 Å². The highest BCUT2D eigenvalue weighted by Gasteiger charge is 2.08. The van der Waals surface area contributed by atoms with Crippen molar-refractivity contribution in [2.45, 2.75) is 19.9 Å². The van der Waals surface area contributed by atoms with Gasteiger partial charge in [-0.1, -0.05) is 53.6 Å². The Morgan fingerprint density at radius 3 is 2.39 bits per heavy atom. The Balaban J connectivity index is 2.40. The Bertz CT molecular complexity index is 549. The van der Waals surface area contributed by atoms with Gasteiger partial charge in [0.2, 0.25) is 0 Å². The first-order valence-electron chi connectivity index (χ1n) is 6.15. The van der Waals surface area contributed by atoms with Gasteiger partial charge in [0.1, 0.15) is 0 Å². The van der Waals surface area contributed by atoms with Crippen LogP contribution in [-0.4, -0.2) is 7.05 Å². The summed E-state index contributed by atoms with van der Waals surface area (Å²) in [6.45, 7) is 4.20. The Hall–Kier alpha value is -1.31. The van der Waals surface area contributed by atoms with Crippen LogP contribution >= 0.6 is 11.6 Å². The van der Waals surface area contributed by atoms with Gasteiger partial charge in [-0.3, -0.25) is 0 Å². The van der Waals surface area contributed by atoms with E-state index in [0.29, 0.717) is 0 Å². The molecule has 0 saturated heterocycles. The molecule has 0 radical (unpaired) electrons. The second kappa shape index (κ2) is 5.55. The summed E-state index contributed by atoms with van der Waals surface area (Å²) in [6, 6.07) is 15.0. The lowest BCUT2D eigenvalue weighted by atomic mass is 10.00. The van der Waals surface area contributed by atoms with Crippen LogP contribution in [0, 0.1) is 6.92 Å². The molecule has 0 bridgehead atoms. The lowest BCUT2D eigenvalue weighted by Gasteiger charge is -2.14. The molecule has 2 aromatic carbocycles. The first kappa shape index (κ1) is 13.1. The number of aryl methyl sites for hydroxylation is 1. The standard InChI is InChI=1S/C16H18ClN/c1-11-5-4-6-13(9-11)14-7-8-15(12(2)18-3)16(17)10-14/h4-10,12,18H,1-3H3. The molecule has 2 rings (SSSR count). The molecule has 2 aromatic rings. The second-order valence-electron chi connectivity index (χ2n) is 4.62. The van der Waals surface area contributed by atoms with Gasteiger partial charge in [0.15, 0.2) is 0 Å². The number of halogens is 1. The van der Waals surface area contributed by atoms with Crippen LogP contribution in [0.15, 0.2) is 42.5 Å². The average molecular weight is 260 g/mol. The highest BCUT2D eigenvalue weighted by atomic mass is 35.5. The van der Waals surface area contributed by atoms with Crippen molar-refractivity contribution in [3.05, 3.63) is 58.6 Å². The minimum absolute atomic E-state index is 0.268. The molecule has 0 saturated carbocycles. The normalized spacial score (nSPS) is 12.4. The maximum atomic E-state index is 6.35. The van der Waals surface area contributed by atoms with Crippen molar-refractivity contribution in [3.63, 3.8) is 0 Å². The van der Waals surface area contributed by atoms with E-state index in [9.17, 15) is 0 Å². The van der Waals surface area contributed by atoms with Gasteiger partial charge < -0.3 is 5.32 Å². The lowest BCUT2D eigenvalue weighted by Crippen LogP contribution is -2.12. The van der Waals surface area contributed by atoms with E-state index in [0.717, 1.165) is 16.1 Å². The molecule has 94 valence electrons. The zero-order chi connectivity index (χ0) is 13.1. The molecule has 0 fully saturated rings. The predicted molar refractivity (Wildman–Crippen MR) is 79.1 cm³/mol. The molecule has 0 heterocycles. The van der Waals surface area contributed by atoms with E-state index >= 15 is 0 Å². The summed E-state index contributed by atoms with van der Waals surface area (Å²) in [4.78, 5) is 0. The summed E-state index contributed by atoms with van der Waals surface area (Å²) in [5.41, 5.74) is 4.77. The van der Waals surface area contributed by atoms with Crippen LogP contribution in [0.5, 0.6) is 0 Å². The van der Waals surface area contributed by atoms with E-state index in [1.165, 1.54) is 11.1 Å². The molecule has 18 heavy (non-hydrogen) atoms. The molecular weight excluding hydrogens is 242 g/mol. The van der Waals surface area contributed by atoms with Gasteiger partial charge in [-0.15, -0.1) is 0 Å². The predicted octanol–water partition coefficient (Wildman–Crippen LogP) is 4.60. The molecule has 0 aliphatic heterocycles. The summed E-state index contributed by atoms with van der Waals surface area (Å²) in [6.07, 6.45) is 0. The van der Waals surface area contributed by atoms with Crippen LogP contribution in [-0.2, 0) is 0 Å². The van der Waals surface area contributed by atoms with Gasteiger partial charge in [0.25, 0.3) is 0 Å². The molecule has 2 heteroatoms. The van der Waals surface area contributed by atoms with Crippen molar-refractivity contribution < 1.29 is 0 Å². The Morgan fingerprint density at radius 2 is 1.78 bits per heavy atom. The summed E-state index contributed by atoms with van der Waals surface area (Å²) in [5.74, 6) is 0. The summed E-state index contributed by atoms with van der Waals surface area (Å²) >= 11 is 6.35. The minimum Gasteiger partial charge on any atom is -0.313 e. The smallest absolute Gasteiger partial charge is 0.0459 e. The second-order valence-corrected chi connectivity index (χ2v) is 5.02. The van der Waals surface area contributed by atoms with Gasteiger partial charge in [0.05, 0.1) is 0 Å². The average Bonchev–Trinajstić information content (AvgIpc) is 2.37. The highest BCUT2D eigenvalue weighted by molar-refractivity contribution is 6.31. The van der Waals surface area contributed by atoms with Crippen LogP contribution in [0.4, 0.5) is 0 Å². The third-order valence-electron chi connectivity index (χ3n) is 3.25. The van der Waals surface area contributed by atoms with Gasteiger partial charge in [-0.25, -0.2) is 0 Å². The Labute approximate surface area is 114 Å². The molecule has 0 aliphatic carbocycles. The fraction of sp³-hybridized carbons (Fsp3) is 0.250. The first-order valence-corrected chi connectivity index (χ1v) is 6.53. The zero-order valence-corrected chi connectivity index (χ0v) is 11.8. The van der Waals surface area contributed by atoms with E-state index in [2.05, 4.69) is 55.6 Å². The molecule has 1 nitrogen and oxygen atoms in total. The van der Waals surface area contributed by atoms with Crippen molar-refractivity contribution in [2.24, 2.45) is 0 Å². The largest absolute Gasteiger partial charge is 0.313 e. The van der Waals surface area contributed by atoms with Crippen molar-refractivity contribution in [1.29, 1.82) is 0 Å². The summed E-state index contributed by atoms with van der Waals surface area (Å²) in [7, 11) is 1.94. The van der Waals surface area contributed by atoms with Crippen molar-refractivity contribution in [3.8, 4) is 11.1 Å². The molecule has 1 N–H and O–H groups in total. The molecule has 1 atom stereocenters. The number of hydrogen-bond acceptors (Lipinski definition) is 1. The third-order valence-corrected chi connectivity index (χ3v) is 3.58. The highest BCUT2D eigenvalue weighted by Crippen LogP contribution is 2.29. The maximum absolute atomic E-state index is 6.35. The Kier molecular flexibility index (Phi) is 4.05. The van der Waals surface area contributed by atoms with E-state index in [4.69, 9.17) is 11.6 Å². The lowest BCUT2D eigenvalue weighted by molar-refractivity contribution is 0.652. The molecule has 0 spiro atoms. The molecule has 0 aliphatic rings. The fourth-order valence-corrected chi connectivity index (χ4v) is 2.38. The number of benzene rings is 2. The van der Waals surface area contributed by atoms with E-state index < -0.39 is 0 Å². The van der Waals surface area contributed by atoms with Gasteiger partial charge in [-0.05, 0) is 43.7 Å². The Morgan fingerprint density at radius 1 is 1.06 bits per heavy atom. The van der Waals surface area contributed by atoms with Crippen LogP contribution in [0.1, 0.15) is 24.1 Å². The number of rotatable bonds is 3. The molecule has 0 aromatic heterocycles. The zero-order valence-electron chi connectivity index (χ0n) is 11.0. The van der Waals surface area contributed by atoms with Crippen LogP contribution < -0.4 is 5.32 Å². The van der Waals surface area contributed by atoms with Crippen molar-refractivity contribution >= 4 is 11.6 Å². The first-order chi connectivity index (χ1) is 8.61. The third kappa shape index (κ3) is 2.74. The quantitative estimate of drug-likeness (QED) is 0.850. The SMILES string of the molecule is CNC(C)c1ccc(-c2cccc(C)c2)cc1Cl. The van der Waals surface area contributed by atoms with E-state index in [1.54, 1.807) is 0 Å². The molecular formula is C16H18ClN. The number of hydrogen-bond donors (Lipinski definition) is 1. The summed E-state index contributed by atoms with van der Waals surface area (Å²) in [5, 5.41) is 4.02. The van der Waals surface area contributed by atoms with E-state index in [1.807, 2.05) is 13.1 Å². The van der Waals surface area contributed by atoms with Crippen LogP contribution in [0.2, 0.25) is 5.02 Å².